The van der Waals surface area contributed by atoms with Gasteiger partial charge in [0.2, 0.25) is 0 Å². The van der Waals surface area contributed by atoms with Crippen LogP contribution in [0.15, 0.2) is 40.9 Å². The first kappa shape index (κ1) is 14.6. The van der Waals surface area contributed by atoms with Crippen LogP contribution in [0.3, 0.4) is 0 Å². The van der Waals surface area contributed by atoms with Crippen molar-refractivity contribution in [2.75, 3.05) is 12.4 Å². The molecule has 0 bridgehead atoms. The number of anilines is 1. The molecular formula is C16H16BrNO2. The van der Waals surface area contributed by atoms with Crippen molar-refractivity contribution in [1.82, 2.24) is 0 Å². The van der Waals surface area contributed by atoms with Crippen LogP contribution in [-0.4, -0.2) is 13.0 Å². The fourth-order valence-corrected chi connectivity index (χ4v) is 2.44. The van der Waals surface area contributed by atoms with Crippen molar-refractivity contribution >= 4 is 27.5 Å². The summed E-state index contributed by atoms with van der Waals surface area (Å²) in [4.78, 5) is 12.3. The molecule has 104 valence electrons. The number of rotatable bonds is 3. The quantitative estimate of drug-likeness (QED) is 0.907. The molecule has 2 aromatic rings. The summed E-state index contributed by atoms with van der Waals surface area (Å²) in [6.07, 6.45) is 0. The number of nitrogens with one attached hydrogen (secondary N) is 1. The first-order chi connectivity index (χ1) is 9.49. The largest absolute Gasteiger partial charge is 0.495 e. The molecule has 0 atom stereocenters. The number of hydrogen-bond donors (Lipinski definition) is 1. The molecule has 4 heteroatoms. The predicted molar refractivity (Wildman–Crippen MR) is 84.6 cm³/mol. The predicted octanol–water partition coefficient (Wildman–Crippen LogP) is 4.33. The lowest BCUT2D eigenvalue weighted by atomic mass is 10.1. The van der Waals surface area contributed by atoms with E-state index >= 15 is 0 Å². The smallest absolute Gasteiger partial charge is 0.255 e. The third-order valence-corrected chi connectivity index (χ3v) is 3.39. The van der Waals surface area contributed by atoms with Gasteiger partial charge in [-0.2, -0.15) is 0 Å². The number of benzene rings is 2. The highest BCUT2D eigenvalue weighted by Gasteiger charge is 2.11. The van der Waals surface area contributed by atoms with Crippen molar-refractivity contribution in [3.05, 3.63) is 57.6 Å². The molecule has 0 aromatic heterocycles. The zero-order valence-electron chi connectivity index (χ0n) is 11.7. The average Bonchev–Trinajstić information content (AvgIpc) is 2.37. The van der Waals surface area contributed by atoms with Gasteiger partial charge < -0.3 is 10.1 Å². The topological polar surface area (TPSA) is 38.3 Å². The molecule has 0 aliphatic heterocycles. The maximum atomic E-state index is 12.3. The van der Waals surface area contributed by atoms with E-state index in [2.05, 4.69) is 21.2 Å². The summed E-state index contributed by atoms with van der Waals surface area (Å²) in [5.74, 6) is 0.485. The van der Waals surface area contributed by atoms with Gasteiger partial charge in [-0.3, -0.25) is 4.79 Å². The summed E-state index contributed by atoms with van der Waals surface area (Å²) >= 11 is 3.39. The van der Waals surface area contributed by atoms with Gasteiger partial charge in [0.15, 0.2) is 0 Å². The second-order valence-corrected chi connectivity index (χ2v) is 5.59. The molecule has 3 nitrogen and oxygen atoms in total. The van der Waals surface area contributed by atoms with E-state index in [0.29, 0.717) is 17.0 Å². The Morgan fingerprint density at radius 1 is 1.10 bits per heavy atom. The lowest BCUT2D eigenvalue weighted by Crippen LogP contribution is -2.13. The third-order valence-electron chi connectivity index (χ3n) is 2.89. The van der Waals surface area contributed by atoms with Crippen LogP contribution in [0, 0.1) is 13.8 Å². The molecule has 0 fully saturated rings. The van der Waals surface area contributed by atoms with Crippen LogP contribution in [0.5, 0.6) is 5.75 Å². The van der Waals surface area contributed by atoms with Crippen LogP contribution in [0.25, 0.3) is 0 Å². The highest BCUT2D eigenvalue weighted by Crippen LogP contribution is 2.28. The van der Waals surface area contributed by atoms with Gasteiger partial charge in [0.05, 0.1) is 12.8 Å². The number of halogens is 1. The van der Waals surface area contributed by atoms with Crippen LogP contribution in [0.1, 0.15) is 21.5 Å². The summed E-state index contributed by atoms with van der Waals surface area (Å²) in [5.41, 5.74) is 3.42. The second kappa shape index (κ2) is 6.09. The van der Waals surface area contributed by atoms with Gasteiger partial charge in [0.25, 0.3) is 5.91 Å². The molecular weight excluding hydrogens is 318 g/mol. The zero-order valence-corrected chi connectivity index (χ0v) is 13.2. The van der Waals surface area contributed by atoms with Crippen molar-refractivity contribution in [2.45, 2.75) is 13.8 Å². The SMILES string of the molecule is COc1ccc(Br)cc1NC(=O)c1cc(C)cc(C)c1. The number of ether oxygens (including phenoxy) is 1. The molecule has 2 rings (SSSR count). The van der Waals surface area contributed by atoms with Crippen LogP contribution in [0.4, 0.5) is 5.69 Å². The summed E-state index contributed by atoms with van der Waals surface area (Å²) in [5, 5.41) is 2.88. The van der Waals surface area contributed by atoms with Crippen molar-refractivity contribution in [3.63, 3.8) is 0 Å². The first-order valence-corrected chi connectivity index (χ1v) is 7.02. The molecule has 0 saturated carbocycles. The van der Waals surface area contributed by atoms with Gasteiger partial charge in [-0.25, -0.2) is 0 Å². The van der Waals surface area contributed by atoms with Gasteiger partial charge in [-0.15, -0.1) is 0 Å². The van der Waals surface area contributed by atoms with Gasteiger partial charge >= 0.3 is 0 Å². The minimum Gasteiger partial charge on any atom is -0.495 e. The van der Waals surface area contributed by atoms with Crippen molar-refractivity contribution in [3.8, 4) is 5.75 Å². The maximum Gasteiger partial charge on any atom is 0.255 e. The fourth-order valence-electron chi connectivity index (χ4n) is 2.08. The van der Waals surface area contributed by atoms with E-state index in [9.17, 15) is 4.79 Å². The molecule has 0 saturated heterocycles. The third kappa shape index (κ3) is 3.39. The van der Waals surface area contributed by atoms with Gasteiger partial charge in [0.1, 0.15) is 5.75 Å². The van der Waals surface area contributed by atoms with E-state index in [4.69, 9.17) is 4.74 Å². The maximum absolute atomic E-state index is 12.3. The van der Waals surface area contributed by atoms with Crippen molar-refractivity contribution in [1.29, 1.82) is 0 Å². The highest BCUT2D eigenvalue weighted by molar-refractivity contribution is 9.10. The lowest BCUT2D eigenvalue weighted by molar-refractivity contribution is 0.102. The number of hydrogen-bond acceptors (Lipinski definition) is 2. The summed E-state index contributed by atoms with van der Waals surface area (Å²) in [6, 6.07) is 11.3. The van der Waals surface area contributed by atoms with Gasteiger partial charge in [0, 0.05) is 10.0 Å². The van der Waals surface area contributed by atoms with Crippen LogP contribution >= 0.6 is 15.9 Å². The normalized spacial score (nSPS) is 10.2. The van der Waals surface area contributed by atoms with E-state index < -0.39 is 0 Å². The van der Waals surface area contributed by atoms with Crippen LogP contribution in [0.2, 0.25) is 0 Å². The van der Waals surface area contributed by atoms with Crippen molar-refractivity contribution in [2.24, 2.45) is 0 Å². The fraction of sp³-hybridized carbons (Fsp3) is 0.188. The highest BCUT2D eigenvalue weighted by atomic mass is 79.9. The Morgan fingerprint density at radius 3 is 2.35 bits per heavy atom. The molecule has 0 aliphatic carbocycles. The summed E-state index contributed by atoms with van der Waals surface area (Å²) in [6.45, 7) is 3.95. The van der Waals surface area contributed by atoms with Gasteiger partial charge in [-0.1, -0.05) is 33.1 Å². The minimum atomic E-state index is -0.145. The van der Waals surface area contributed by atoms with E-state index in [1.54, 1.807) is 13.2 Å². The number of amides is 1. The Balaban J connectivity index is 2.29. The Bertz CT molecular complexity index is 633. The zero-order chi connectivity index (χ0) is 14.7. The van der Waals surface area contributed by atoms with Crippen LogP contribution < -0.4 is 10.1 Å². The number of carbonyl (C=O) groups excluding carboxylic acids is 1. The molecule has 1 N–H and O–H groups in total. The molecule has 20 heavy (non-hydrogen) atoms. The Labute approximate surface area is 127 Å². The van der Waals surface area contributed by atoms with E-state index in [0.717, 1.165) is 15.6 Å². The number of aryl methyl sites for hydroxylation is 2. The second-order valence-electron chi connectivity index (χ2n) is 4.68. The molecule has 0 radical (unpaired) electrons. The number of carbonyl (C=O) groups is 1. The van der Waals surface area contributed by atoms with E-state index in [1.165, 1.54) is 0 Å². The monoisotopic (exact) mass is 333 g/mol. The molecule has 1 amide bonds. The standard InChI is InChI=1S/C16H16BrNO2/c1-10-6-11(2)8-12(7-10)16(19)18-14-9-13(17)4-5-15(14)20-3/h4-9H,1-3H3,(H,18,19). The summed E-state index contributed by atoms with van der Waals surface area (Å²) < 4.78 is 6.13. The van der Waals surface area contributed by atoms with E-state index in [-0.39, 0.29) is 5.91 Å². The summed E-state index contributed by atoms with van der Waals surface area (Å²) in [7, 11) is 1.58. The molecule has 0 heterocycles. The van der Waals surface area contributed by atoms with Crippen LogP contribution in [-0.2, 0) is 0 Å². The Morgan fingerprint density at radius 2 is 1.75 bits per heavy atom. The Kier molecular flexibility index (Phi) is 4.45. The first-order valence-electron chi connectivity index (χ1n) is 6.23. The Hall–Kier alpha value is -1.81. The molecule has 0 aliphatic rings. The lowest BCUT2D eigenvalue weighted by Gasteiger charge is -2.11. The van der Waals surface area contributed by atoms with E-state index in [1.807, 2.05) is 44.2 Å². The van der Waals surface area contributed by atoms with Crippen molar-refractivity contribution < 1.29 is 9.53 Å². The average molecular weight is 334 g/mol. The number of methoxy groups -OCH3 is 1. The molecule has 0 unspecified atom stereocenters. The van der Waals surface area contributed by atoms with Gasteiger partial charge in [-0.05, 0) is 44.2 Å². The molecule has 0 spiro atoms. The molecule has 2 aromatic carbocycles. The minimum absolute atomic E-state index is 0.145.